The van der Waals surface area contributed by atoms with E-state index >= 15 is 0 Å². The lowest BCUT2D eigenvalue weighted by molar-refractivity contribution is -0.138. The van der Waals surface area contributed by atoms with Crippen molar-refractivity contribution in [2.24, 2.45) is 0 Å². The molecule has 0 saturated carbocycles. The SMILES string of the molecule is Br.CCCCn1ccnc1C(C)C(=O)O. The van der Waals surface area contributed by atoms with Crippen LogP contribution >= 0.6 is 17.0 Å². The highest BCUT2D eigenvalue weighted by Gasteiger charge is 2.18. The molecule has 0 aliphatic carbocycles. The number of nitrogens with zero attached hydrogens (tertiary/aromatic N) is 2. The van der Waals surface area contributed by atoms with Crippen molar-refractivity contribution in [3.63, 3.8) is 0 Å². The van der Waals surface area contributed by atoms with E-state index in [9.17, 15) is 4.79 Å². The molecule has 0 amide bonds. The number of carboxylic acid groups (broad SMARTS) is 1. The number of rotatable bonds is 5. The van der Waals surface area contributed by atoms with Crippen LogP contribution in [0.3, 0.4) is 0 Å². The standard InChI is InChI=1S/C10H16N2O2.BrH/c1-3-4-6-12-7-5-11-9(12)8(2)10(13)14;/h5,7-8H,3-4,6H2,1-2H3,(H,13,14);1H. The summed E-state index contributed by atoms with van der Waals surface area (Å²) in [4.78, 5) is 14.8. The van der Waals surface area contributed by atoms with Gasteiger partial charge in [-0.2, -0.15) is 0 Å². The molecule has 5 heteroatoms. The molecule has 1 rings (SSSR count). The molecule has 0 radical (unpaired) electrons. The summed E-state index contributed by atoms with van der Waals surface area (Å²) in [5.74, 6) is -0.707. The average molecular weight is 277 g/mol. The summed E-state index contributed by atoms with van der Waals surface area (Å²) < 4.78 is 1.92. The van der Waals surface area contributed by atoms with Crippen LogP contribution in [0.25, 0.3) is 0 Å². The fourth-order valence-electron chi connectivity index (χ4n) is 1.33. The van der Waals surface area contributed by atoms with Gasteiger partial charge in [-0.25, -0.2) is 4.98 Å². The molecular formula is C10H17BrN2O2. The summed E-state index contributed by atoms with van der Waals surface area (Å²) in [6.45, 7) is 4.62. The van der Waals surface area contributed by atoms with Crippen LogP contribution in [0.1, 0.15) is 38.4 Å². The van der Waals surface area contributed by atoms with Crippen molar-refractivity contribution in [3.05, 3.63) is 18.2 Å². The third-order valence-corrected chi connectivity index (χ3v) is 2.26. The molecule has 0 fully saturated rings. The zero-order valence-electron chi connectivity index (χ0n) is 9.01. The predicted molar refractivity (Wildman–Crippen MR) is 63.5 cm³/mol. The number of aryl methyl sites for hydroxylation is 1. The Morgan fingerprint density at radius 2 is 2.33 bits per heavy atom. The molecule has 0 saturated heterocycles. The molecule has 0 bridgehead atoms. The van der Waals surface area contributed by atoms with Crippen molar-refractivity contribution in [2.45, 2.75) is 39.2 Å². The number of unbranched alkanes of at least 4 members (excludes halogenated alkanes) is 1. The van der Waals surface area contributed by atoms with Crippen LogP contribution in [0.4, 0.5) is 0 Å². The summed E-state index contributed by atoms with van der Waals surface area (Å²) >= 11 is 0. The van der Waals surface area contributed by atoms with Crippen LogP contribution in [-0.4, -0.2) is 20.6 Å². The molecular weight excluding hydrogens is 260 g/mol. The number of aromatic nitrogens is 2. The molecule has 0 aromatic carbocycles. The minimum Gasteiger partial charge on any atom is -0.481 e. The first-order chi connectivity index (χ1) is 6.66. The van der Waals surface area contributed by atoms with Crippen molar-refractivity contribution < 1.29 is 9.90 Å². The molecule has 1 heterocycles. The smallest absolute Gasteiger partial charge is 0.313 e. The summed E-state index contributed by atoms with van der Waals surface area (Å²) in [5, 5.41) is 8.85. The van der Waals surface area contributed by atoms with Gasteiger partial charge in [-0.3, -0.25) is 4.79 Å². The maximum atomic E-state index is 10.8. The fraction of sp³-hybridized carbons (Fsp3) is 0.600. The third-order valence-electron chi connectivity index (χ3n) is 2.26. The Labute approximate surface area is 100 Å². The lowest BCUT2D eigenvalue weighted by Crippen LogP contribution is -2.14. The summed E-state index contributed by atoms with van der Waals surface area (Å²) in [7, 11) is 0. The molecule has 0 aliphatic rings. The quantitative estimate of drug-likeness (QED) is 0.899. The van der Waals surface area contributed by atoms with E-state index in [0.29, 0.717) is 5.82 Å². The summed E-state index contributed by atoms with van der Waals surface area (Å²) in [6.07, 6.45) is 5.64. The first kappa shape index (κ1) is 14.2. The zero-order chi connectivity index (χ0) is 10.6. The van der Waals surface area contributed by atoms with Gasteiger partial charge in [0.2, 0.25) is 0 Å². The summed E-state index contributed by atoms with van der Waals surface area (Å²) in [6, 6.07) is 0. The number of hydrogen-bond acceptors (Lipinski definition) is 2. The molecule has 1 aromatic heterocycles. The first-order valence-corrected chi connectivity index (χ1v) is 4.90. The molecule has 1 aromatic rings. The second-order valence-electron chi connectivity index (χ2n) is 3.39. The van der Waals surface area contributed by atoms with Crippen molar-refractivity contribution in [1.29, 1.82) is 0 Å². The first-order valence-electron chi connectivity index (χ1n) is 4.90. The van der Waals surface area contributed by atoms with Gasteiger partial charge in [0, 0.05) is 18.9 Å². The Morgan fingerprint density at radius 1 is 1.67 bits per heavy atom. The van der Waals surface area contributed by atoms with E-state index in [0.717, 1.165) is 19.4 Å². The number of hydrogen-bond donors (Lipinski definition) is 1. The van der Waals surface area contributed by atoms with Crippen molar-refractivity contribution >= 4 is 23.0 Å². The van der Waals surface area contributed by atoms with Crippen LogP contribution in [0, 0.1) is 0 Å². The van der Waals surface area contributed by atoms with Crippen LogP contribution in [0.2, 0.25) is 0 Å². The Kier molecular flexibility index (Phi) is 6.24. The number of imidazole rings is 1. The van der Waals surface area contributed by atoms with Crippen molar-refractivity contribution in [2.75, 3.05) is 0 Å². The zero-order valence-corrected chi connectivity index (χ0v) is 10.7. The highest BCUT2D eigenvalue weighted by Crippen LogP contribution is 2.13. The highest BCUT2D eigenvalue weighted by atomic mass is 79.9. The van der Waals surface area contributed by atoms with E-state index in [2.05, 4.69) is 11.9 Å². The van der Waals surface area contributed by atoms with Crippen molar-refractivity contribution in [1.82, 2.24) is 9.55 Å². The van der Waals surface area contributed by atoms with Gasteiger partial charge in [0.05, 0.1) is 0 Å². The second-order valence-corrected chi connectivity index (χ2v) is 3.39. The minimum atomic E-state index is -0.825. The topological polar surface area (TPSA) is 55.1 Å². The van der Waals surface area contributed by atoms with Gasteiger partial charge in [-0.1, -0.05) is 13.3 Å². The Morgan fingerprint density at radius 3 is 2.87 bits per heavy atom. The average Bonchev–Trinajstić information content (AvgIpc) is 2.61. The number of halogens is 1. The molecule has 4 nitrogen and oxygen atoms in total. The normalized spacial score (nSPS) is 11.9. The van der Waals surface area contributed by atoms with E-state index in [1.807, 2.05) is 10.8 Å². The predicted octanol–water partition coefficient (Wildman–Crippen LogP) is 2.45. The number of aliphatic carboxylic acids is 1. The Balaban J connectivity index is 0.00000196. The van der Waals surface area contributed by atoms with E-state index in [4.69, 9.17) is 5.11 Å². The van der Waals surface area contributed by atoms with Gasteiger partial charge < -0.3 is 9.67 Å². The number of carbonyl (C=O) groups is 1. The summed E-state index contributed by atoms with van der Waals surface area (Å²) in [5.41, 5.74) is 0. The maximum Gasteiger partial charge on any atom is 0.313 e. The molecule has 1 unspecified atom stereocenters. The molecule has 15 heavy (non-hydrogen) atoms. The van der Waals surface area contributed by atoms with Gasteiger partial charge in [-0.05, 0) is 13.3 Å². The highest BCUT2D eigenvalue weighted by molar-refractivity contribution is 8.93. The van der Waals surface area contributed by atoms with Gasteiger partial charge in [0.15, 0.2) is 0 Å². The minimum absolute atomic E-state index is 0. The van der Waals surface area contributed by atoms with Crippen LogP contribution in [0.15, 0.2) is 12.4 Å². The third kappa shape index (κ3) is 3.66. The van der Waals surface area contributed by atoms with Gasteiger partial charge in [-0.15, -0.1) is 17.0 Å². The van der Waals surface area contributed by atoms with Crippen LogP contribution in [0.5, 0.6) is 0 Å². The van der Waals surface area contributed by atoms with Gasteiger partial charge in [0.25, 0.3) is 0 Å². The largest absolute Gasteiger partial charge is 0.481 e. The molecule has 0 spiro atoms. The lowest BCUT2D eigenvalue weighted by Gasteiger charge is -2.09. The van der Waals surface area contributed by atoms with E-state index in [1.54, 1.807) is 13.1 Å². The lowest BCUT2D eigenvalue weighted by atomic mass is 10.1. The second kappa shape index (κ2) is 6.61. The van der Waals surface area contributed by atoms with E-state index in [1.165, 1.54) is 0 Å². The Bertz CT molecular complexity index is 312. The van der Waals surface area contributed by atoms with Gasteiger partial charge in [0.1, 0.15) is 11.7 Å². The number of carboxylic acids is 1. The van der Waals surface area contributed by atoms with E-state index in [-0.39, 0.29) is 17.0 Å². The van der Waals surface area contributed by atoms with E-state index < -0.39 is 11.9 Å². The molecule has 0 aliphatic heterocycles. The van der Waals surface area contributed by atoms with Crippen molar-refractivity contribution in [3.8, 4) is 0 Å². The Hall–Kier alpha value is -0.840. The van der Waals surface area contributed by atoms with Crippen LogP contribution in [-0.2, 0) is 11.3 Å². The van der Waals surface area contributed by atoms with Crippen LogP contribution < -0.4 is 0 Å². The molecule has 1 N–H and O–H groups in total. The van der Waals surface area contributed by atoms with Gasteiger partial charge >= 0.3 is 5.97 Å². The molecule has 1 atom stereocenters. The monoisotopic (exact) mass is 276 g/mol. The maximum absolute atomic E-state index is 10.8. The molecule has 86 valence electrons. The fourth-order valence-corrected chi connectivity index (χ4v) is 1.33.